The minimum Gasteiger partial charge on any atom is -0.439 e. The molecule has 1 amide bonds. The van der Waals surface area contributed by atoms with Gasteiger partial charge in [-0.05, 0) is 48.5 Å². The Morgan fingerprint density at radius 1 is 1.07 bits per heavy atom. The van der Waals surface area contributed by atoms with Crippen LogP contribution in [0.1, 0.15) is 10.4 Å². The highest BCUT2D eigenvalue weighted by Gasteiger charge is 2.26. The SMILES string of the molecule is COC1CN(c2ccc(NC(=O)c3cccc(Oc4ccccn4)c3)cc2)C1. The van der Waals surface area contributed by atoms with E-state index in [4.69, 9.17) is 9.47 Å². The van der Waals surface area contributed by atoms with Crippen molar-refractivity contribution in [2.24, 2.45) is 0 Å². The maximum absolute atomic E-state index is 12.6. The number of carbonyl (C=O) groups is 1. The van der Waals surface area contributed by atoms with Crippen LogP contribution in [-0.4, -0.2) is 37.2 Å². The van der Waals surface area contributed by atoms with Crippen molar-refractivity contribution in [2.75, 3.05) is 30.4 Å². The fraction of sp³-hybridized carbons (Fsp3) is 0.182. The van der Waals surface area contributed by atoms with E-state index in [1.165, 1.54) is 0 Å². The van der Waals surface area contributed by atoms with E-state index in [-0.39, 0.29) is 5.91 Å². The lowest BCUT2D eigenvalue weighted by molar-refractivity contribution is 0.0788. The minimum atomic E-state index is -0.192. The Kier molecular flexibility index (Phi) is 5.21. The number of amides is 1. The van der Waals surface area contributed by atoms with Crippen molar-refractivity contribution in [1.82, 2.24) is 4.98 Å². The zero-order chi connectivity index (χ0) is 19.3. The van der Waals surface area contributed by atoms with Gasteiger partial charge in [0.15, 0.2) is 0 Å². The Hall–Kier alpha value is -3.38. The molecule has 3 aromatic rings. The number of rotatable bonds is 6. The second kappa shape index (κ2) is 8.10. The van der Waals surface area contributed by atoms with Gasteiger partial charge in [-0.3, -0.25) is 4.79 Å². The van der Waals surface area contributed by atoms with Gasteiger partial charge in [0, 0.05) is 49.4 Å². The molecule has 0 radical (unpaired) electrons. The van der Waals surface area contributed by atoms with Gasteiger partial charge in [-0.1, -0.05) is 12.1 Å². The molecular weight excluding hydrogens is 354 g/mol. The number of nitrogens with one attached hydrogen (secondary N) is 1. The van der Waals surface area contributed by atoms with Crippen molar-refractivity contribution >= 4 is 17.3 Å². The largest absolute Gasteiger partial charge is 0.439 e. The number of nitrogens with zero attached hydrogens (tertiary/aromatic N) is 2. The smallest absolute Gasteiger partial charge is 0.255 e. The lowest BCUT2D eigenvalue weighted by Crippen LogP contribution is -2.51. The van der Waals surface area contributed by atoms with E-state index in [1.807, 2.05) is 36.4 Å². The Bertz CT molecular complexity index is 939. The molecule has 1 fully saturated rings. The van der Waals surface area contributed by atoms with Crippen LogP contribution < -0.4 is 15.0 Å². The third-order valence-electron chi connectivity index (χ3n) is 4.63. The van der Waals surface area contributed by atoms with Gasteiger partial charge in [-0.2, -0.15) is 0 Å². The summed E-state index contributed by atoms with van der Waals surface area (Å²) in [7, 11) is 1.73. The molecule has 28 heavy (non-hydrogen) atoms. The fourth-order valence-electron chi connectivity index (χ4n) is 2.99. The normalized spacial score (nSPS) is 13.7. The third-order valence-corrected chi connectivity index (χ3v) is 4.63. The zero-order valence-electron chi connectivity index (χ0n) is 15.5. The monoisotopic (exact) mass is 375 g/mol. The van der Waals surface area contributed by atoms with Crippen LogP contribution in [0.3, 0.4) is 0 Å². The predicted molar refractivity (Wildman–Crippen MR) is 108 cm³/mol. The minimum absolute atomic E-state index is 0.192. The molecule has 1 aromatic heterocycles. The van der Waals surface area contributed by atoms with Gasteiger partial charge < -0.3 is 19.7 Å². The van der Waals surface area contributed by atoms with Crippen LogP contribution in [0.4, 0.5) is 11.4 Å². The van der Waals surface area contributed by atoms with Crippen LogP contribution in [0.5, 0.6) is 11.6 Å². The van der Waals surface area contributed by atoms with Crippen molar-refractivity contribution < 1.29 is 14.3 Å². The summed E-state index contributed by atoms with van der Waals surface area (Å²) in [6.07, 6.45) is 1.96. The number of aromatic nitrogens is 1. The number of pyridine rings is 1. The molecular formula is C22H21N3O3. The third kappa shape index (κ3) is 4.13. The highest BCUT2D eigenvalue weighted by atomic mass is 16.5. The summed E-state index contributed by atoms with van der Waals surface area (Å²) in [5, 5.41) is 2.92. The first-order valence-corrected chi connectivity index (χ1v) is 9.09. The highest BCUT2D eigenvalue weighted by molar-refractivity contribution is 6.04. The Balaban J connectivity index is 1.39. The molecule has 1 aliphatic rings. The quantitative estimate of drug-likeness (QED) is 0.706. The Morgan fingerprint density at radius 3 is 2.61 bits per heavy atom. The van der Waals surface area contributed by atoms with Gasteiger partial charge in [-0.25, -0.2) is 4.98 Å². The first-order valence-electron chi connectivity index (χ1n) is 9.09. The number of benzene rings is 2. The summed E-state index contributed by atoms with van der Waals surface area (Å²) in [6.45, 7) is 1.79. The van der Waals surface area contributed by atoms with Crippen LogP contribution in [0.2, 0.25) is 0 Å². The topological polar surface area (TPSA) is 63.7 Å². The second-order valence-electron chi connectivity index (χ2n) is 6.56. The maximum Gasteiger partial charge on any atom is 0.255 e. The molecule has 0 bridgehead atoms. The van der Waals surface area contributed by atoms with E-state index >= 15 is 0 Å². The highest BCUT2D eigenvalue weighted by Crippen LogP contribution is 2.25. The summed E-state index contributed by atoms with van der Waals surface area (Å²) < 4.78 is 11.0. The van der Waals surface area contributed by atoms with Gasteiger partial charge in [0.1, 0.15) is 5.75 Å². The molecule has 142 valence electrons. The van der Waals surface area contributed by atoms with Crippen LogP contribution in [0.25, 0.3) is 0 Å². The summed E-state index contributed by atoms with van der Waals surface area (Å²) in [5.41, 5.74) is 2.38. The second-order valence-corrected chi connectivity index (χ2v) is 6.56. The molecule has 6 nitrogen and oxygen atoms in total. The summed E-state index contributed by atoms with van der Waals surface area (Å²) in [4.78, 5) is 18.9. The van der Waals surface area contributed by atoms with Crippen molar-refractivity contribution in [2.45, 2.75) is 6.10 Å². The van der Waals surface area contributed by atoms with Crippen LogP contribution in [0.15, 0.2) is 72.9 Å². The number of ether oxygens (including phenoxy) is 2. The van der Waals surface area contributed by atoms with E-state index in [9.17, 15) is 4.79 Å². The number of hydrogen-bond donors (Lipinski definition) is 1. The Labute approximate surface area is 163 Å². The standard InChI is InChI=1S/C22H21N3O3/c1-27-20-14-25(15-20)18-10-8-17(9-11-18)24-22(26)16-5-4-6-19(13-16)28-21-7-2-3-12-23-21/h2-13,20H,14-15H2,1H3,(H,24,26). The van der Waals surface area contributed by atoms with Gasteiger partial charge in [0.25, 0.3) is 5.91 Å². The predicted octanol–water partition coefficient (Wildman–Crippen LogP) is 3.96. The molecule has 0 unspecified atom stereocenters. The molecule has 0 saturated carbocycles. The molecule has 1 N–H and O–H groups in total. The van der Waals surface area contributed by atoms with Crippen molar-refractivity contribution in [3.05, 3.63) is 78.5 Å². The number of hydrogen-bond acceptors (Lipinski definition) is 5. The van der Waals surface area contributed by atoms with E-state index < -0.39 is 0 Å². The summed E-state index contributed by atoms with van der Waals surface area (Å²) in [6, 6.07) is 20.3. The van der Waals surface area contributed by atoms with Gasteiger partial charge in [-0.15, -0.1) is 0 Å². The van der Waals surface area contributed by atoms with E-state index in [0.717, 1.165) is 24.5 Å². The van der Waals surface area contributed by atoms with Crippen LogP contribution >= 0.6 is 0 Å². The maximum atomic E-state index is 12.6. The lowest BCUT2D eigenvalue weighted by Gasteiger charge is -2.40. The van der Waals surface area contributed by atoms with Crippen molar-refractivity contribution in [1.29, 1.82) is 0 Å². The zero-order valence-corrected chi connectivity index (χ0v) is 15.5. The molecule has 4 rings (SSSR count). The van der Waals surface area contributed by atoms with E-state index in [2.05, 4.69) is 15.2 Å². The number of methoxy groups -OCH3 is 1. The van der Waals surface area contributed by atoms with Gasteiger partial charge in [0.2, 0.25) is 5.88 Å². The molecule has 2 heterocycles. The average Bonchev–Trinajstić information content (AvgIpc) is 2.69. The summed E-state index contributed by atoms with van der Waals surface area (Å²) >= 11 is 0. The number of carbonyl (C=O) groups excluding carboxylic acids is 1. The molecule has 0 spiro atoms. The molecule has 6 heteroatoms. The lowest BCUT2D eigenvalue weighted by atomic mass is 10.1. The van der Waals surface area contributed by atoms with Gasteiger partial charge >= 0.3 is 0 Å². The molecule has 2 aromatic carbocycles. The number of anilines is 2. The van der Waals surface area contributed by atoms with Crippen molar-refractivity contribution in [3.63, 3.8) is 0 Å². The van der Waals surface area contributed by atoms with Crippen molar-refractivity contribution in [3.8, 4) is 11.6 Å². The fourth-order valence-corrected chi connectivity index (χ4v) is 2.99. The molecule has 1 saturated heterocycles. The molecule has 1 aliphatic heterocycles. The molecule has 0 aliphatic carbocycles. The van der Waals surface area contributed by atoms with Gasteiger partial charge in [0.05, 0.1) is 6.10 Å². The van der Waals surface area contributed by atoms with E-state index in [1.54, 1.807) is 43.6 Å². The van der Waals surface area contributed by atoms with Crippen LogP contribution in [0, 0.1) is 0 Å². The first kappa shape index (κ1) is 18.0. The molecule has 0 atom stereocenters. The average molecular weight is 375 g/mol. The summed E-state index contributed by atoms with van der Waals surface area (Å²) in [5.74, 6) is 0.854. The first-order chi connectivity index (χ1) is 13.7. The van der Waals surface area contributed by atoms with Crippen LogP contribution in [-0.2, 0) is 4.74 Å². The van der Waals surface area contributed by atoms with E-state index in [0.29, 0.717) is 23.3 Å². The Morgan fingerprint density at radius 2 is 1.89 bits per heavy atom.